The van der Waals surface area contributed by atoms with E-state index in [-0.39, 0.29) is 32.7 Å². The normalized spacial score (nSPS) is 7.86. The van der Waals surface area contributed by atoms with E-state index in [0.717, 1.165) is 5.75 Å². The maximum Gasteiger partial charge on any atom is 0.120 e. The van der Waals surface area contributed by atoms with E-state index in [4.69, 9.17) is 4.74 Å². The first kappa shape index (κ1) is 32.2. The van der Waals surface area contributed by atoms with Crippen molar-refractivity contribution in [2.24, 2.45) is 0 Å². The third-order valence-electron chi connectivity index (χ3n) is 3.10. The molecule has 3 aromatic carbocycles. The SMILES string of the molecule is CC.CC.CC.Cc1c[c-]ccc1.Cc1cccc(OCc2ccccc2)c1.[Y]. The molecule has 0 aromatic heterocycles. The third kappa shape index (κ3) is 18.3. The van der Waals surface area contributed by atoms with Gasteiger partial charge in [-0.25, -0.2) is 0 Å². The zero-order valence-electron chi connectivity index (χ0n) is 19.7. The van der Waals surface area contributed by atoms with Crippen LogP contribution in [-0.4, -0.2) is 0 Å². The van der Waals surface area contributed by atoms with Crippen LogP contribution in [0, 0.1) is 19.9 Å². The molecule has 0 bridgehead atoms. The van der Waals surface area contributed by atoms with Crippen molar-refractivity contribution in [1.29, 1.82) is 0 Å². The van der Waals surface area contributed by atoms with Gasteiger partial charge in [-0.1, -0.05) is 90.9 Å². The Hall–Kier alpha value is -1.44. The smallest absolute Gasteiger partial charge is 0.120 e. The van der Waals surface area contributed by atoms with Crippen LogP contribution in [0.3, 0.4) is 0 Å². The van der Waals surface area contributed by atoms with E-state index in [1.54, 1.807) is 0 Å². The van der Waals surface area contributed by atoms with Crippen LogP contribution in [0.15, 0.2) is 78.9 Å². The molecule has 0 aliphatic rings. The van der Waals surface area contributed by atoms with Crippen molar-refractivity contribution in [3.05, 3.63) is 102 Å². The molecule has 0 aliphatic heterocycles. The van der Waals surface area contributed by atoms with Crippen LogP contribution in [0.1, 0.15) is 58.2 Å². The van der Waals surface area contributed by atoms with Crippen LogP contribution in [0.2, 0.25) is 0 Å². The fourth-order valence-corrected chi connectivity index (χ4v) is 1.93. The first-order chi connectivity index (χ1) is 13.7. The molecule has 157 valence electrons. The molecule has 3 rings (SSSR count). The first-order valence-electron chi connectivity index (χ1n) is 10.4. The summed E-state index contributed by atoms with van der Waals surface area (Å²) >= 11 is 0. The molecule has 0 atom stereocenters. The Kier molecular flexibility index (Phi) is 27.3. The number of ether oxygens (including phenoxy) is 1. The molecule has 0 unspecified atom stereocenters. The van der Waals surface area contributed by atoms with E-state index in [9.17, 15) is 0 Å². The van der Waals surface area contributed by atoms with Gasteiger partial charge in [0.05, 0.1) is 0 Å². The molecule has 2 heteroatoms. The van der Waals surface area contributed by atoms with Crippen LogP contribution < -0.4 is 4.74 Å². The average molecular weight is 469 g/mol. The van der Waals surface area contributed by atoms with E-state index in [2.05, 4.69) is 44.2 Å². The average Bonchev–Trinajstić information content (AvgIpc) is 2.78. The summed E-state index contributed by atoms with van der Waals surface area (Å²) in [7, 11) is 0. The largest absolute Gasteiger partial charge is 0.489 e. The van der Waals surface area contributed by atoms with Gasteiger partial charge in [0, 0.05) is 32.7 Å². The van der Waals surface area contributed by atoms with Crippen molar-refractivity contribution in [2.75, 3.05) is 0 Å². The first-order valence-corrected chi connectivity index (χ1v) is 10.4. The summed E-state index contributed by atoms with van der Waals surface area (Å²) in [4.78, 5) is 0. The van der Waals surface area contributed by atoms with Gasteiger partial charge in [-0.15, -0.1) is 0 Å². The van der Waals surface area contributed by atoms with Crippen molar-refractivity contribution >= 4 is 0 Å². The minimum atomic E-state index is 0. The quantitative estimate of drug-likeness (QED) is 0.351. The molecule has 0 N–H and O–H groups in total. The van der Waals surface area contributed by atoms with Gasteiger partial charge in [0.25, 0.3) is 0 Å². The summed E-state index contributed by atoms with van der Waals surface area (Å²) in [6.07, 6.45) is 0. The Bertz CT molecular complexity index is 666. The number of hydrogen-bond acceptors (Lipinski definition) is 1. The maximum atomic E-state index is 5.67. The second-order valence-electron chi connectivity index (χ2n) is 5.17. The van der Waals surface area contributed by atoms with Gasteiger partial charge in [-0.2, -0.15) is 35.9 Å². The molecule has 0 saturated carbocycles. The Labute approximate surface area is 205 Å². The van der Waals surface area contributed by atoms with Gasteiger partial charge in [-0.05, 0) is 30.2 Å². The molecule has 29 heavy (non-hydrogen) atoms. The van der Waals surface area contributed by atoms with Gasteiger partial charge < -0.3 is 4.74 Å². The van der Waals surface area contributed by atoms with Crippen molar-refractivity contribution in [3.63, 3.8) is 0 Å². The molecule has 0 amide bonds. The molecule has 0 aliphatic carbocycles. The fraction of sp³-hybridized carbons (Fsp3) is 0.333. The monoisotopic (exact) mass is 468 g/mol. The Balaban J connectivity index is -0.000000409. The molecule has 0 spiro atoms. The minimum absolute atomic E-state index is 0. The molecule has 3 aromatic rings. The summed E-state index contributed by atoms with van der Waals surface area (Å²) in [6.45, 7) is 16.7. The maximum absolute atomic E-state index is 5.67. The van der Waals surface area contributed by atoms with Crippen molar-refractivity contribution in [2.45, 2.75) is 62.0 Å². The van der Waals surface area contributed by atoms with Gasteiger partial charge in [0.1, 0.15) is 12.4 Å². The zero-order valence-corrected chi connectivity index (χ0v) is 22.5. The Morgan fingerprint density at radius 1 is 0.690 bits per heavy atom. The fourth-order valence-electron chi connectivity index (χ4n) is 1.93. The van der Waals surface area contributed by atoms with Gasteiger partial charge in [0.2, 0.25) is 0 Å². The number of hydrogen-bond donors (Lipinski definition) is 0. The second-order valence-corrected chi connectivity index (χ2v) is 5.17. The van der Waals surface area contributed by atoms with Gasteiger partial charge in [0.15, 0.2) is 0 Å². The second kappa shape index (κ2) is 24.6. The molecular weight excluding hydrogens is 429 g/mol. The van der Waals surface area contributed by atoms with E-state index < -0.39 is 0 Å². The number of benzene rings is 3. The van der Waals surface area contributed by atoms with Crippen LogP contribution >= 0.6 is 0 Å². The van der Waals surface area contributed by atoms with Crippen LogP contribution in [0.25, 0.3) is 0 Å². The van der Waals surface area contributed by atoms with Crippen LogP contribution in [0.4, 0.5) is 0 Å². The molecule has 1 nitrogen and oxygen atoms in total. The minimum Gasteiger partial charge on any atom is -0.489 e. The predicted molar refractivity (Wildman–Crippen MR) is 126 cm³/mol. The zero-order chi connectivity index (χ0) is 21.6. The van der Waals surface area contributed by atoms with E-state index in [1.165, 1.54) is 16.7 Å². The van der Waals surface area contributed by atoms with E-state index in [0.29, 0.717) is 6.61 Å². The summed E-state index contributed by atoms with van der Waals surface area (Å²) in [6, 6.07) is 29.1. The summed E-state index contributed by atoms with van der Waals surface area (Å²) in [5.41, 5.74) is 3.68. The number of aryl methyl sites for hydroxylation is 2. The third-order valence-corrected chi connectivity index (χ3v) is 3.10. The number of rotatable bonds is 3. The van der Waals surface area contributed by atoms with Crippen molar-refractivity contribution in [3.8, 4) is 5.75 Å². The van der Waals surface area contributed by atoms with Crippen LogP contribution in [-0.2, 0) is 39.3 Å². The van der Waals surface area contributed by atoms with Gasteiger partial charge >= 0.3 is 0 Å². The summed E-state index contributed by atoms with van der Waals surface area (Å²) in [5, 5.41) is 0. The van der Waals surface area contributed by atoms with Crippen molar-refractivity contribution < 1.29 is 37.4 Å². The van der Waals surface area contributed by atoms with E-state index >= 15 is 0 Å². The molecular formula is C27H39OY-. The van der Waals surface area contributed by atoms with Gasteiger partial charge in [-0.3, -0.25) is 0 Å². The Morgan fingerprint density at radius 2 is 1.28 bits per heavy atom. The predicted octanol–water partition coefficient (Wildman–Crippen LogP) is 8.45. The Morgan fingerprint density at radius 3 is 1.72 bits per heavy atom. The molecule has 1 radical (unpaired) electrons. The standard InChI is InChI=1S/C14H14O.C7H7.3C2H6.Y/c1-12-6-5-9-14(10-12)15-11-13-7-3-2-4-8-13;1-7-5-3-2-4-6-7;3*1-2;/h2-10H,11H2,1H3;2-3,5-6H,1H3;3*1-2H3;/q;-1;;;;. The topological polar surface area (TPSA) is 9.23 Å². The van der Waals surface area contributed by atoms with Crippen LogP contribution in [0.5, 0.6) is 5.75 Å². The van der Waals surface area contributed by atoms with E-state index in [1.807, 2.05) is 96.1 Å². The molecule has 0 saturated heterocycles. The molecule has 0 fully saturated rings. The summed E-state index contributed by atoms with van der Waals surface area (Å²) in [5.74, 6) is 0.929. The molecule has 0 heterocycles. The van der Waals surface area contributed by atoms with Crippen molar-refractivity contribution in [1.82, 2.24) is 0 Å². The summed E-state index contributed by atoms with van der Waals surface area (Å²) < 4.78 is 5.67.